The summed E-state index contributed by atoms with van der Waals surface area (Å²) in [7, 11) is 0. The number of aliphatic imine (C=N–C) groups is 1. The summed E-state index contributed by atoms with van der Waals surface area (Å²) in [4.78, 5) is 18.4. The van der Waals surface area contributed by atoms with Crippen LogP contribution in [0.5, 0.6) is 5.75 Å². The van der Waals surface area contributed by atoms with Gasteiger partial charge in [0.05, 0.1) is 6.61 Å². The number of ether oxygens (including phenoxy) is 1. The van der Waals surface area contributed by atoms with Crippen molar-refractivity contribution in [1.82, 2.24) is 15.5 Å². The van der Waals surface area contributed by atoms with Crippen LogP contribution in [0.3, 0.4) is 0 Å². The summed E-state index contributed by atoms with van der Waals surface area (Å²) in [6.07, 6.45) is 3.07. The summed E-state index contributed by atoms with van der Waals surface area (Å²) in [5.41, 5.74) is 2.32. The molecule has 1 aromatic carbocycles. The van der Waals surface area contributed by atoms with Crippen LogP contribution in [0.2, 0.25) is 0 Å². The number of hydrogen-bond donors (Lipinski definition) is 2. The molecular formula is C20H32N4O2. The summed E-state index contributed by atoms with van der Waals surface area (Å²) in [5.74, 6) is 1.77. The highest BCUT2D eigenvalue weighted by molar-refractivity contribution is 5.85. The predicted molar refractivity (Wildman–Crippen MR) is 106 cm³/mol. The Labute approximate surface area is 157 Å². The fourth-order valence-corrected chi connectivity index (χ4v) is 3.03. The minimum absolute atomic E-state index is 0.109. The van der Waals surface area contributed by atoms with Crippen molar-refractivity contribution >= 4 is 11.9 Å². The van der Waals surface area contributed by atoms with Crippen molar-refractivity contribution in [1.29, 1.82) is 0 Å². The van der Waals surface area contributed by atoms with Crippen LogP contribution in [-0.4, -0.2) is 56.1 Å². The number of nitrogens with one attached hydrogen (secondary N) is 2. The number of carbonyl (C=O) groups is 1. The van der Waals surface area contributed by atoms with Gasteiger partial charge in [-0.1, -0.05) is 18.2 Å². The molecule has 0 atom stereocenters. The zero-order valence-electron chi connectivity index (χ0n) is 16.3. The number of rotatable bonds is 8. The lowest BCUT2D eigenvalue weighted by atomic mass is 10.1. The quantitative estimate of drug-likeness (QED) is 0.424. The van der Waals surface area contributed by atoms with E-state index in [1.807, 2.05) is 17.9 Å². The monoisotopic (exact) mass is 360 g/mol. The van der Waals surface area contributed by atoms with Crippen molar-refractivity contribution in [2.75, 3.05) is 39.3 Å². The van der Waals surface area contributed by atoms with Crippen molar-refractivity contribution in [3.63, 3.8) is 0 Å². The molecule has 1 fully saturated rings. The van der Waals surface area contributed by atoms with E-state index in [1.54, 1.807) is 0 Å². The van der Waals surface area contributed by atoms with Crippen LogP contribution in [0.25, 0.3) is 0 Å². The smallest absolute Gasteiger partial charge is 0.244 e. The fraction of sp³-hybridized carbons (Fsp3) is 0.600. The number of hydrogen-bond acceptors (Lipinski definition) is 3. The summed E-state index contributed by atoms with van der Waals surface area (Å²) in [6.45, 7) is 10.2. The molecule has 1 heterocycles. The average Bonchev–Trinajstić information content (AvgIpc) is 3.16. The third-order valence-electron chi connectivity index (χ3n) is 4.44. The Morgan fingerprint density at radius 1 is 1.19 bits per heavy atom. The van der Waals surface area contributed by atoms with Crippen LogP contribution >= 0.6 is 0 Å². The number of benzene rings is 1. The van der Waals surface area contributed by atoms with Crippen molar-refractivity contribution in [2.24, 2.45) is 4.99 Å². The van der Waals surface area contributed by atoms with Crippen LogP contribution in [0.15, 0.2) is 23.2 Å². The first kappa shape index (κ1) is 20.1. The molecule has 0 unspecified atom stereocenters. The second-order valence-corrected chi connectivity index (χ2v) is 6.63. The maximum Gasteiger partial charge on any atom is 0.244 e. The Kier molecular flexibility index (Phi) is 8.25. The van der Waals surface area contributed by atoms with Gasteiger partial charge in [-0.25, -0.2) is 4.99 Å². The van der Waals surface area contributed by atoms with E-state index in [-0.39, 0.29) is 12.5 Å². The van der Waals surface area contributed by atoms with Gasteiger partial charge in [0.15, 0.2) is 5.96 Å². The minimum atomic E-state index is 0.109. The second-order valence-electron chi connectivity index (χ2n) is 6.63. The molecule has 1 aliphatic heterocycles. The Morgan fingerprint density at radius 3 is 2.54 bits per heavy atom. The van der Waals surface area contributed by atoms with Crippen LogP contribution in [0.1, 0.15) is 37.3 Å². The van der Waals surface area contributed by atoms with Crippen molar-refractivity contribution < 1.29 is 9.53 Å². The maximum absolute atomic E-state index is 12.1. The van der Waals surface area contributed by atoms with Gasteiger partial charge in [-0.15, -0.1) is 0 Å². The molecule has 0 bridgehead atoms. The highest BCUT2D eigenvalue weighted by atomic mass is 16.5. The topological polar surface area (TPSA) is 66.0 Å². The number of aryl methyl sites for hydroxylation is 2. The molecular weight excluding hydrogens is 328 g/mol. The molecule has 1 aliphatic rings. The molecule has 1 amide bonds. The van der Waals surface area contributed by atoms with Crippen molar-refractivity contribution in [3.8, 4) is 5.75 Å². The van der Waals surface area contributed by atoms with Crippen LogP contribution in [-0.2, 0) is 4.79 Å². The van der Waals surface area contributed by atoms with E-state index >= 15 is 0 Å². The van der Waals surface area contributed by atoms with Crippen LogP contribution in [0.4, 0.5) is 0 Å². The summed E-state index contributed by atoms with van der Waals surface area (Å²) in [6, 6.07) is 6.17. The van der Waals surface area contributed by atoms with E-state index in [0.29, 0.717) is 12.6 Å². The minimum Gasteiger partial charge on any atom is -0.493 e. The summed E-state index contributed by atoms with van der Waals surface area (Å²) < 4.78 is 5.91. The van der Waals surface area contributed by atoms with E-state index < -0.39 is 0 Å². The number of guanidine groups is 1. The molecule has 0 aromatic heterocycles. The first-order valence-electron chi connectivity index (χ1n) is 9.60. The van der Waals surface area contributed by atoms with E-state index in [4.69, 9.17) is 4.74 Å². The van der Waals surface area contributed by atoms with E-state index in [0.717, 1.165) is 62.3 Å². The molecule has 6 heteroatoms. The Hall–Kier alpha value is -2.24. The molecule has 0 saturated carbocycles. The summed E-state index contributed by atoms with van der Waals surface area (Å²) >= 11 is 0. The molecule has 144 valence electrons. The third kappa shape index (κ3) is 6.24. The van der Waals surface area contributed by atoms with Gasteiger partial charge in [0.1, 0.15) is 12.3 Å². The van der Waals surface area contributed by atoms with E-state index in [9.17, 15) is 4.79 Å². The van der Waals surface area contributed by atoms with Gasteiger partial charge in [0, 0.05) is 26.2 Å². The number of para-hydroxylation sites is 1. The Balaban J connectivity index is 1.72. The zero-order valence-corrected chi connectivity index (χ0v) is 16.3. The van der Waals surface area contributed by atoms with E-state index in [1.165, 1.54) is 0 Å². The first-order chi connectivity index (χ1) is 12.6. The number of nitrogens with zero attached hydrogens (tertiary/aromatic N) is 2. The van der Waals surface area contributed by atoms with Crippen molar-refractivity contribution in [3.05, 3.63) is 29.3 Å². The Morgan fingerprint density at radius 2 is 1.88 bits per heavy atom. The second kappa shape index (κ2) is 10.7. The summed E-state index contributed by atoms with van der Waals surface area (Å²) in [5, 5.41) is 6.45. The molecule has 1 aromatic rings. The van der Waals surface area contributed by atoms with Gasteiger partial charge >= 0.3 is 0 Å². The fourth-order valence-electron chi connectivity index (χ4n) is 3.03. The molecule has 0 spiro atoms. The van der Waals surface area contributed by atoms with Crippen LogP contribution in [0, 0.1) is 13.8 Å². The molecule has 0 aliphatic carbocycles. The van der Waals surface area contributed by atoms with Gasteiger partial charge in [-0.05, 0) is 51.2 Å². The maximum atomic E-state index is 12.1. The molecule has 2 rings (SSSR count). The molecule has 0 radical (unpaired) electrons. The molecule has 2 N–H and O–H groups in total. The first-order valence-corrected chi connectivity index (χ1v) is 9.60. The SMILES string of the molecule is CCNC(=NCC(=O)N1CCCC1)NCCCOc1c(C)cccc1C. The van der Waals surface area contributed by atoms with Gasteiger partial charge in [0.2, 0.25) is 5.91 Å². The lowest BCUT2D eigenvalue weighted by molar-refractivity contribution is -0.128. The van der Waals surface area contributed by atoms with Gasteiger partial charge < -0.3 is 20.3 Å². The standard InChI is InChI=1S/C20H32N4O2/c1-4-21-20(23-15-18(25)24-12-5-6-13-24)22-11-8-14-26-19-16(2)9-7-10-17(19)3/h7,9-10H,4-6,8,11-15H2,1-3H3,(H2,21,22,23). The van der Waals surface area contributed by atoms with Crippen molar-refractivity contribution in [2.45, 2.75) is 40.0 Å². The number of carbonyl (C=O) groups excluding carboxylic acids is 1. The molecule has 26 heavy (non-hydrogen) atoms. The number of amides is 1. The number of likely N-dealkylation sites (tertiary alicyclic amines) is 1. The lowest BCUT2D eigenvalue weighted by Gasteiger charge is -2.15. The average molecular weight is 361 g/mol. The largest absolute Gasteiger partial charge is 0.493 e. The van der Waals surface area contributed by atoms with Gasteiger partial charge in [0.25, 0.3) is 0 Å². The lowest BCUT2D eigenvalue weighted by Crippen LogP contribution is -2.39. The predicted octanol–water partition coefficient (Wildman–Crippen LogP) is 2.25. The molecule has 1 saturated heterocycles. The highest BCUT2D eigenvalue weighted by Gasteiger charge is 2.17. The third-order valence-corrected chi connectivity index (χ3v) is 4.44. The Bertz CT molecular complexity index is 590. The van der Waals surface area contributed by atoms with Gasteiger partial charge in [-0.3, -0.25) is 4.79 Å². The van der Waals surface area contributed by atoms with Crippen LogP contribution < -0.4 is 15.4 Å². The van der Waals surface area contributed by atoms with E-state index in [2.05, 4.69) is 41.6 Å². The zero-order chi connectivity index (χ0) is 18.8. The molecule has 6 nitrogen and oxygen atoms in total. The normalized spacial score (nSPS) is 14.4. The van der Waals surface area contributed by atoms with Gasteiger partial charge in [-0.2, -0.15) is 0 Å². The highest BCUT2D eigenvalue weighted by Crippen LogP contribution is 2.22.